The molecule has 1 aliphatic heterocycles. The van der Waals surface area contributed by atoms with Gasteiger partial charge in [0.2, 0.25) is 0 Å². The molecule has 1 N–H and O–H groups in total. The molecular weight excluding hydrogens is 380 g/mol. The van der Waals surface area contributed by atoms with Crippen molar-refractivity contribution in [2.75, 3.05) is 32.7 Å². The molecule has 0 aromatic heterocycles. The summed E-state index contributed by atoms with van der Waals surface area (Å²) in [6.45, 7) is 0.755. The number of anilines is 1. The summed E-state index contributed by atoms with van der Waals surface area (Å²) in [7, 11) is 3.17. The van der Waals surface area contributed by atoms with E-state index >= 15 is 0 Å². The normalized spacial score (nSPS) is 14.0. The number of rotatable bonds is 8. The van der Waals surface area contributed by atoms with E-state index in [1.54, 1.807) is 62.8 Å². The lowest BCUT2D eigenvalue weighted by atomic mass is 10.0. The zero-order valence-electron chi connectivity index (χ0n) is 15.7. The van der Waals surface area contributed by atoms with Crippen molar-refractivity contribution in [2.45, 2.75) is 6.42 Å². The average Bonchev–Trinajstić information content (AvgIpc) is 2.94. The van der Waals surface area contributed by atoms with Crippen molar-refractivity contribution in [1.82, 2.24) is 4.90 Å². The summed E-state index contributed by atoms with van der Waals surface area (Å²) in [5.41, 5.74) is 1.89. The third-order valence-corrected chi connectivity index (χ3v) is 4.64. The third kappa shape index (κ3) is 4.18. The molecule has 6 nitrogen and oxygen atoms in total. The van der Waals surface area contributed by atoms with Gasteiger partial charge in [-0.25, -0.2) is 0 Å². The fourth-order valence-corrected chi connectivity index (χ4v) is 3.09. The Kier molecular flexibility index (Phi) is 6.34. The Morgan fingerprint density at radius 3 is 2.25 bits per heavy atom. The van der Waals surface area contributed by atoms with Gasteiger partial charge in [0.05, 0.1) is 12.7 Å². The Labute approximate surface area is 168 Å². The van der Waals surface area contributed by atoms with Gasteiger partial charge in [0.1, 0.15) is 11.4 Å². The van der Waals surface area contributed by atoms with Crippen LogP contribution in [0.2, 0.25) is 5.02 Å². The Morgan fingerprint density at radius 1 is 0.964 bits per heavy atom. The predicted molar refractivity (Wildman–Crippen MR) is 108 cm³/mol. The zero-order valence-corrected chi connectivity index (χ0v) is 16.5. The summed E-state index contributed by atoms with van der Waals surface area (Å²) in [6, 6.07) is 14.0. The van der Waals surface area contributed by atoms with Crippen LogP contribution in [0.15, 0.2) is 54.2 Å². The largest absolute Gasteiger partial charge is 0.497 e. The molecule has 0 atom stereocenters. The number of benzene rings is 2. The molecule has 0 saturated carbocycles. The van der Waals surface area contributed by atoms with Crippen molar-refractivity contribution < 1.29 is 19.1 Å². The first-order chi connectivity index (χ1) is 13.5. The molecule has 2 amide bonds. The van der Waals surface area contributed by atoms with Crippen LogP contribution in [0.4, 0.5) is 5.69 Å². The fraction of sp³-hybridized carbons (Fsp3) is 0.238. The number of methoxy groups -OCH3 is 2. The van der Waals surface area contributed by atoms with Crippen molar-refractivity contribution >= 4 is 34.7 Å². The summed E-state index contributed by atoms with van der Waals surface area (Å²) >= 11 is 5.97. The number of hydrogen-bond acceptors (Lipinski definition) is 5. The summed E-state index contributed by atoms with van der Waals surface area (Å²) < 4.78 is 10.2. The smallest absolute Gasteiger partial charge is 0.278 e. The van der Waals surface area contributed by atoms with Crippen LogP contribution in [0.1, 0.15) is 12.0 Å². The van der Waals surface area contributed by atoms with E-state index in [9.17, 15) is 9.59 Å². The molecule has 0 radical (unpaired) electrons. The van der Waals surface area contributed by atoms with Crippen LogP contribution in [0, 0.1) is 0 Å². The minimum Gasteiger partial charge on any atom is -0.497 e. The van der Waals surface area contributed by atoms with Crippen LogP contribution in [0.5, 0.6) is 5.75 Å². The van der Waals surface area contributed by atoms with Gasteiger partial charge >= 0.3 is 0 Å². The van der Waals surface area contributed by atoms with Crippen LogP contribution in [0.25, 0.3) is 5.57 Å². The van der Waals surface area contributed by atoms with Crippen LogP contribution in [0.3, 0.4) is 0 Å². The van der Waals surface area contributed by atoms with Gasteiger partial charge in [-0.1, -0.05) is 23.7 Å². The molecule has 0 aliphatic carbocycles. The number of carbonyl (C=O) groups excluding carboxylic acids is 2. The number of imide groups is 1. The number of hydrogen-bond donors (Lipinski definition) is 1. The van der Waals surface area contributed by atoms with Gasteiger partial charge in [-0.15, -0.1) is 0 Å². The molecule has 0 spiro atoms. The SMILES string of the molecule is COCCCN1C(=O)C(Nc2ccc(OC)cc2)=C(c2ccc(Cl)cc2)C1=O. The highest BCUT2D eigenvalue weighted by atomic mass is 35.5. The molecule has 2 aromatic rings. The maximum atomic E-state index is 13.0. The van der Waals surface area contributed by atoms with E-state index in [-0.39, 0.29) is 24.1 Å². The van der Waals surface area contributed by atoms with Gasteiger partial charge in [-0.3, -0.25) is 14.5 Å². The Morgan fingerprint density at radius 2 is 1.64 bits per heavy atom. The molecule has 0 bridgehead atoms. The average molecular weight is 401 g/mol. The lowest BCUT2D eigenvalue weighted by molar-refractivity contribution is -0.136. The summed E-state index contributed by atoms with van der Waals surface area (Å²) in [4.78, 5) is 27.2. The van der Waals surface area contributed by atoms with Crippen molar-refractivity contribution in [3.63, 3.8) is 0 Å². The van der Waals surface area contributed by atoms with Gasteiger partial charge < -0.3 is 14.8 Å². The number of halogens is 1. The van der Waals surface area contributed by atoms with Crippen LogP contribution in [-0.4, -0.2) is 44.1 Å². The van der Waals surface area contributed by atoms with E-state index in [2.05, 4.69) is 5.32 Å². The minimum atomic E-state index is -0.359. The molecule has 28 heavy (non-hydrogen) atoms. The molecule has 3 rings (SSSR count). The van der Waals surface area contributed by atoms with Crippen molar-refractivity contribution in [2.24, 2.45) is 0 Å². The van der Waals surface area contributed by atoms with E-state index in [0.29, 0.717) is 40.6 Å². The van der Waals surface area contributed by atoms with Gasteiger partial charge in [0.25, 0.3) is 11.8 Å². The fourth-order valence-electron chi connectivity index (χ4n) is 2.97. The van der Waals surface area contributed by atoms with E-state index < -0.39 is 0 Å². The van der Waals surface area contributed by atoms with Crippen molar-refractivity contribution in [1.29, 1.82) is 0 Å². The Hall–Kier alpha value is -2.83. The predicted octanol–water partition coefficient (Wildman–Crippen LogP) is 3.58. The molecule has 0 saturated heterocycles. The number of ether oxygens (including phenoxy) is 2. The highest BCUT2D eigenvalue weighted by Crippen LogP contribution is 2.31. The van der Waals surface area contributed by atoms with Gasteiger partial charge in [0, 0.05) is 31.0 Å². The molecule has 0 fully saturated rings. The molecular formula is C21H21ClN2O4. The zero-order chi connectivity index (χ0) is 20.1. The molecule has 1 heterocycles. The lowest BCUT2D eigenvalue weighted by Crippen LogP contribution is -2.33. The first kappa shape index (κ1) is 19.9. The summed E-state index contributed by atoms with van der Waals surface area (Å²) in [5, 5.41) is 3.66. The molecule has 7 heteroatoms. The van der Waals surface area contributed by atoms with Crippen LogP contribution in [-0.2, 0) is 14.3 Å². The maximum absolute atomic E-state index is 13.0. The molecule has 146 valence electrons. The highest BCUT2D eigenvalue weighted by molar-refractivity contribution is 6.36. The highest BCUT2D eigenvalue weighted by Gasteiger charge is 2.38. The number of amides is 2. The molecule has 1 aliphatic rings. The number of nitrogens with one attached hydrogen (secondary N) is 1. The van der Waals surface area contributed by atoms with Crippen LogP contribution >= 0.6 is 11.6 Å². The summed E-state index contributed by atoms with van der Waals surface area (Å²) in [6.07, 6.45) is 0.567. The number of carbonyl (C=O) groups is 2. The summed E-state index contributed by atoms with van der Waals surface area (Å²) in [5.74, 6) is 0.00813. The second-order valence-electron chi connectivity index (χ2n) is 6.22. The first-order valence-electron chi connectivity index (χ1n) is 8.81. The van der Waals surface area contributed by atoms with Crippen molar-refractivity contribution in [3.05, 3.63) is 64.8 Å². The standard InChI is InChI=1S/C21H21ClN2O4/c1-27-13-3-12-24-20(25)18(14-4-6-15(22)7-5-14)19(21(24)26)23-16-8-10-17(28-2)11-9-16/h4-11,23H,3,12-13H2,1-2H3. The van der Waals surface area contributed by atoms with Gasteiger partial charge in [0.15, 0.2) is 0 Å². The first-order valence-corrected chi connectivity index (χ1v) is 9.19. The second-order valence-corrected chi connectivity index (χ2v) is 6.66. The minimum absolute atomic E-state index is 0.245. The Bertz CT molecular complexity index is 892. The van der Waals surface area contributed by atoms with E-state index in [1.807, 2.05) is 0 Å². The lowest BCUT2D eigenvalue weighted by Gasteiger charge is -2.15. The van der Waals surface area contributed by atoms with E-state index in [4.69, 9.17) is 21.1 Å². The molecule has 2 aromatic carbocycles. The quantitative estimate of drug-likeness (QED) is 0.542. The monoisotopic (exact) mass is 400 g/mol. The van der Waals surface area contributed by atoms with E-state index in [1.165, 1.54) is 4.90 Å². The molecule has 0 unspecified atom stereocenters. The third-order valence-electron chi connectivity index (χ3n) is 4.39. The van der Waals surface area contributed by atoms with Crippen molar-refractivity contribution in [3.8, 4) is 5.75 Å². The Balaban J connectivity index is 1.96. The maximum Gasteiger partial charge on any atom is 0.278 e. The van der Waals surface area contributed by atoms with Crippen LogP contribution < -0.4 is 10.1 Å². The van der Waals surface area contributed by atoms with E-state index in [0.717, 1.165) is 0 Å². The topological polar surface area (TPSA) is 67.9 Å². The second kappa shape index (κ2) is 8.91. The van der Waals surface area contributed by atoms with Gasteiger partial charge in [-0.2, -0.15) is 0 Å². The van der Waals surface area contributed by atoms with Gasteiger partial charge in [-0.05, 0) is 48.4 Å². The number of nitrogens with zero attached hydrogens (tertiary/aromatic N) is 1.